The zero-order valence-electron chi connectivity index (χ0n) is 17.2. The normalized spacial score (nSPS) is 15.1. The maximum absolute atomic E-state index is 13.3. The van der Waals surface area contributed by atoms with Crippen LogP contribution in [0.4, 0.5) is 24.7 Å². The van der Waals surface area contributed by atoms with E-state index in [-0.39, 0.29) is 5.69 Å². The number of nitrogens with one attached hydrogen (secondary N) is 2. The molecule has 1 aliphatic rings. The van der Waals surface area contributed by atoms with E-state index in [1.165, 1.54) is 29.3 Å². The van der Waals surface area contributed by atoms with Crippen LogP contribution in [0.15, 0.2) is 48.8 Å². The van der Waals surface area contributed by atoms with Gasteiger partial charge in [0.05, 0.1) is 56.4 Å². The number of para-hydroxylation sites is 1. The van der Waals surface area contributed by atoms with Crippen molar-refractivity contribution in [3.05, 3.63) is 60.0 Å². The summed E-state index contributed by atoms with van der Waals surface area (Å²) in [4.78, 5) is 20.5. The van der Waals surface area contributed by atoms with Gasteiger partial charge in [-0.15, -0.1) is 0 Å². The van der Waals surface area contributed by atoms with Gasteiger partial charge in [0.25, 0.3) is 5.91 Å². The summed E-state index contributed by atoms with van der Waals surface area (Å²) in [5, 5.41) is 18.6. The van der Waals surface area contributed by atoms with E-state index >= 15 is 0 Å². The standard InChI is InChI=1S/C21H21F3N6O2/c1-28-8-10-29(11-9-28)18-7-6-14(12-25-18)26-20(32)19-17(31)13-30(27-19)16-5-3-2-4-15(16)21(22,23)24/h2-7,12-13,31H,8-11H2,1H3,(H,26,32). The number of quaternary nitrogens is 1. The van der Waals surface area contributed by atoms with Crippen LogP contribution in [0.3, 0.4) is 0 Å². The summed E-state index contributed by atoms with van der Waals surface area (Å²) in [6.45, 7) is 3.76. The molecule has 11 heteroatoms. The molecule has 0 aliphatic carbocycles. The number of hydrogen-bond acceptors (Lipinski definition) is 5. The highest BCUT2D eigenvalue weighted by Crippen LogP contribution is 2.34. The first-order chi connectivity index (χ1) is 15.2. The molecular weight excluding hydrogens is 425 g/mol. The topological polar surface area (TPSA) is 90.5 Å². The lowest BCUT2D eigenvalue weighted by molar-refractivity contribution is -0.880. The van der Waals surface area contributed by atoms with E-state index in [2.05, 4.69) is 27.3 Å². The Kier molecular flexibility index (Phi) is 5.74. The molecule has 1 amide bonds. The fourth-order valence-electron chi connectivity index (χ4n) is 3.51. The smallest absolute Gasteiger partial charge is 0.418 e. The first-order valence-electron chi connectivity index (χ1n) is 9.99. The van der Waals surface area contributed by atoms with Crippen LogP contribution in [0.2, 0.25) is 0 Å². The predicted octanol–water partition coefficient (Wildman–Crippen LogP) is 0.947. The van der Waals surface area contributed by atoms with Crippen molar-refractivity contribution in [3.63, 3.8) is 0 Å². The average Bonchev–Trinajstić information content (AvgIpc) is 3.16. The molecule has 0 unspecified atom stereocenters. The molecule has 0 radical (unpaired) electrons. The number of likely N-dealkylation sites (N-methyl/N-ethyl adjacent to an activating group) is 1. The van der Waals surface area contributed by atoms with Gasteiger partial charge in [0.2, 0.25) is 0 Å². The minimum absolute atomic E-state index is 0.337. The molecular formula is C21H21F3N6O2. The van der Waals surface area contributed by atoms with Gasteiger partial charge >= 0.3 is 6.18 Å². The van der Waals surface area contributed by atoms with Crippen LogP contribution >= 0.6 is 0 Å². The Balaban J connectivity index is 1.50. The van der Waals surface area contributed by atoms with E-state index in [0.29, 0.717) is 5.69 Å². The van der Waals surface area contributed by atoms with Crippen LogP contribution in [0, 0.1) is 0 Å². The van der Waals surface area contributed by atoms with Gasteiger partial charge in [0, 0.05) is 6.20 Å². The third kappa shape index (κ3) is 4.52. The van der Waals surface area contributed by atoms with Gasteiger partial charge in [-0.3, -0.25) is 4.79 Å². The van der Waals surface area contributed by atoms with Gasteiger partial charge < -0.3 is 20.2 Å². The Morgan fingerprint density at radius 3 is 2.53 bits per heavy atom. The molecule has 4 rings (SSSR count). The van der Waals surface area contributed by atoms with Crippen molar-refractivity contribution in [3.8, 4) is 11.4 Å². The molecule has 168 valence electrons. The van der Waals surface area contributed by atoms with Crippen molar-refractivity contribution >= 4 is 17.4 Å². The van der Waals surface area contributed by atoms with Crippen molar-refractivity contribution in [2.24, 2.45) is 0 Å². The number of piperazine rings is 1. The van der Waals surface area contributed by atoms with Gasteiger partial charge in [-0.2, -0.15) is 18.3 Å². The van der Waals surface area contributed by atoms with Crippen molar-refractivity contribution < 1.29 is 28.0 Å². The van der Waals surface area contributed by atoms with Crippen LogP contribution < -0.4 is 20.2 Å². The average molecular weight is 446 g/mol. The number of alkyl halides is 3. The van der Waals surface area contributed by atoms with Crippen LogP contribution in [0.25, 0.3) is 5.69 Å². The number of pyridine rings is 1. The summed E-state index contributed by atoms with van der Waals surface area (Å²) >= 11 is 0. The lowest BCUT2D eigenvalue weighted by atomic mass is 10.2. The van der Waals surface area contributed by atoms with E-state index in [9.17, 15) is 23.1 Å². The van der Waals surface area contributed by atoms with Crippen molar-refractivity contribution in [1.82, 2.24) is 14.8 Å². The molecule has 1 fully saturated rings. The Morgan fingerprint density at radius 2 is 1.88 bits per heavy atom. The lowest BCUT2D eigenvalue weighted by Gasteiger charge is -2.30. The van der Waals surface area contributed by atoms with Gasteiger partial charge in [0.1, 0.15) is 11.5 Å². The number of halogens is 3. The molecule has 0 bridgehead atoms. The third-order valence-corrected chi connectivity index (χ3v) is 5.30. The highest BCUT2D eigenvalue weighted by Gasteiger charge is 2.34. The molecule has 1 aromatic carbocycles. The number of carbonyl (C=O) groups excluding carboxylic acids is 1. The number of carbonyl (C=O) groups is 1. The molecule has 1 aliphatic heterocycles. The summed E-state index contributed by atoms with van der Waals surface area (Å²) in [7, 11) is 2.14. The molecule has 0 spiro atoms. The maximum atomic E-state index is 13.3. The van der Waals surface area contributed by atoms with Crippen LogP contribution in [0.5, 0.6) is 5.75 Å². The minimum atomic E-state index is -4.63. The van der Waals surface area contributed by atoms with E-state index in [1.54, 1.807) is 12.1 Å². The highest BCUT2D eigenvalue weighted by molar-refractivity contribution is 6.04. The van der Waals surface area contributed by atoms with Gasteiger partial charge in [-0.05, 0) is 24.3 Å². The third-order valence-electron chi connectivity index (χ3n) is 5.30. The van der Waals surface area contributed by atoms with Crippen LogP contribution in [-0.4, -0.2) is 53.9 Å². The van der Waals surface area contributed by atoms with Crippen molar-refractivity contribution in [2.75, 3.05) is 43.4 Å². The molecule has 2 aromatic heterocycles. The Labute approximate surface area is 181 Å². The van der Waals surface area contributed by atoms with E-state index in [1.807, 2.05) is 0 Å². The molecule has 8 nitrogen and oxygen atoms in total. The fourth-order valence-corrected chi connectivity index (χ4v) is 3.51. The summed E-state index contributed by atoms with van der Waals surface area (Å²) < 4.78 is 40.6. The predicted molar refractivity (Wildman–Crippen MR) is 109 cm³/mol. The van der Waals surface area contributed by atoms with Gasteiger partial charge in [-0.1, -0.05) is 17.9 Å². The number of amides is 1. The number of hydrogen-bond donors (Lipinski definition) is 2. The second-order valence-corrected chi connectivity index (χ2v) is 7.60. The summed E-state index contributed by atoms with van der Waals surface area (Å²) in [5.41, 5.74) is -1.45. The number of anilines is 2. The van der Waals surface area contributed by atoms with E-state index in [0.717, 1.165) is 48.9 Å². The van der Waals surface area contributed by atoms with Crippen molar-refractivity contribution in [1.29, 1.82) is 0 Å². The Bertz CT molecular complexity index is 1110. The highest BCUT2D eigenvalue weighted by atomic mass is 19.4. The minimum Gasteiger partial charge on any atom is -0.870 e. The second kappa shape index (κ2) is 8.50. The molecule has 3 aromatic rings. The molecule has 32 heavy (non-hydrogen) atoms. The fraction of sp³-hybridized carbons (Fsp3) is 0.286. The maximum Gasteiger partial charge on any atom is 0.418 e. The van der Waals surface area contributed by atoms with Crippen LogP contribution in [-0.2, 0) is 6.18 Å². The Hall–Kier alpha value is -3.60. The van der Waals surface area contributed by atoms with Crippen LogP contribution in [0.1, 0.15) is 16.1 Å². The summed E-state index contributed by atoms with van der Waals surface area (Å²) in [6, 6.07) is 8.13. The quantitative estimate of drug-likeness (QED) is 0.623. The molecule has 1 saturated heterocycles. The van der Waals surface area contributed by atoms with Gasteiger partial charge in [-0.25, -0.2) is 9.67 Å². The second-order valence-electron chi connectivity index (χ2n) is 7.60. The monoisotopic (exact) mass is 446 g/mol. The zero-order chi connectivity index (χ0) is 22.9. The SMILES string of the molecule is C[NH+]1CCN(c2ccc(NC(=O)c3nn(-c4ccccc4C(F)(F)F)cc3[O-])cn2)CC1. The first kappa shape index (κ1) is 21.6. The number of nitrogens with zero attached hydrogens (tertiary/aromatic N) is 4. The zero-order valence-corrected chi connectivity index (χ0v) is 17.2. The van der Waals surface area contributed by atoms with Crippen molar-refractivity contribution in [2.45, 2.75) is 6.18 Å². The largest absolute Gasteiger partial charge is 0.870 e. The van der Waals surface area contributed by atoms with E-state index < -0.39 is 29.1 Å². The van der Waals surface area contributed by atoms with E-state index in [4.69, 9.17) is 0 Å². The summed E-state index contributed by atoms with van der Waals surface area (Å²) in [5.74, 6) is -0.826. The number of rotatable bonds is 4. The van der Waals surface area contributed by atoms with Gasteiger partial charge in [0.15, 0.2) is 0 Å². The first-order valence-corrected chi connectivity index (χ1v) is 9.99. The summed E-state index contributed by atoms with van der Waals surface area (Å²) in [6.07, 6.45) is -2.30. The molecule has 2 N–H and O–H groups in total. The molecule has 0 saturated carbocycles. The number of benzene rings is 1. The molecule has 0 atom stereocenters. The lowest BCUT2D eigenvalue weighted by Crippen LogP contribution is -3.12. The Morgan fingerprint density at radius 1 is 1.16 bits per heavy atom. The number of aromatic nitrogens is 3. The molecule has 3 heterocycles.